The molecule has 0 spiro atoms. The summed E-state index contributed by atoms with van der Waals surface area (Å²) in [7, 11) is -3.92. The van der Waals surface area contributed by atoms with Crippen molar-refractivity contribution in [3.05, 3.63) is 18.2 Å². The maximum atomic E-state index is 10.3. The molecule has 1 aromatic rings. The van der Waals surface area contributed by atoms with Crippen LogP contribution in [0, 0.1) is 0 Å². The second-order valence-electron chi connectivity index (χ2n) is 3.22. The summed E-state index contributed by atoms with van der Waals surface area (Å²) < 4.78 is 27.1. The molecular weight excluding hydrogens is 266 g/mol. The minimum absolute atomic E-state index is 0.263. The normalized spacial score (nSPS) is 12.4. The molecule has 0 radical (unpaired) electrons. The van der Waals surface area contributed by atoms with Gasteiger partial charge in [0.05, 0.1) is 24.4 Å². The number of carboxylic acids is 1. The Labute approximate surface area is 103 Å². The Bertz CT molecular complexity index is 443. The molecule has 0 amide bonds. The van der Waals surface area contributed by atoms with Gasteiger partial charge in [-0.25, -0.2) is 4.98 Å². The highest BCUT2D eigenvalue weighted by Gasteiger charge is 2.12. The number of aromatic amines is 1. The van der Waals surface area contributed by atoms with E-state index in [2.05, 4.69) is 9.97 Å². The van der Waals surface area contributed by atoms with Crippen molar-refractivity contribution in [2.45, 2.75) is 12.5 Å². The number of carbonyl (C=O) groups is 1. The van der Waals surface area contributed by atoms with Crippen molar-refractivity contribution >= 4 is 16.1 Å². The first-order valence-corrected chi connectivity index (χ1v) is 6.39. The second-order valence-corrected chi connectivity index (χ2v) is 4.79. The largest absolute Gasteiger partial charge is 0.480 e. The molecule has 0 aromatic carbocycles. The van der Waals surface area contributed by atoms with Crippen LogP contribution >= 0.6 is 0 Å². The molecule has 9 nitrogen and oxygen atoms in total. The number of hydrogen-bond acceptors (Lipinski definition) is 6. The van der Waals surface area contributed by atoms with Gasteiger partial charge < -0.3 is 20.9 Å². The molecule has 0 aliphatic rings. The lowest BCUT2D eigenvalue weighted by Crippen LogP contribution is -2.32. The Morgan fingerprint density at radius 2 is 2.17 bits per heavy atom. The van der Waals surface area contributed by atoms with Crippen LogP contribution in [-0.4, -0.2) is 57.5 Å². The monoisotopic (exact) mass is 281 g/mol. The number of aromatic nitrogens is 2. The van der Waals surface area contributed by atoms with E-state index in [1.54, 1.807) is 6.20 Å². The topological polar surface area (TPSA) is 167 Å². The zero-order valence-electron chi connectivity index (χ0n) is 9.35. The molecule has 18 heavy (non-hydrogen) atoms. The zero-order chi connectivity index (χ0) is 14.2. The summed E-state index contributed by atoms with van der Waals surface area (Å²) in [5.41, 5.74) is 5.92. The Morgan fingerprint density at radius 1 is 1.56 bits per heavy atom. The smallest absolute Gasteiger partial charge is 0.320 e. The first-order chi connectivity index (χ1) is 8.26. The molecule has 0 unspecified atom stereocenters. The van der Waals surface area contributed by atoms with E-state index < -0.39 is 34.5 Å². The molecule has 0 saturated heterocycles. The average molecular weight is 281 g/mol. The van der Waals surface area contributed by atoms with E-state index in [0.717, 1.165) is 0 Å². The number of imidazole rings is 1. The number of aliphatic hydroxyl groups is 1. The number of aliphatic carboxylic acids is 1. The van der Waals surface area contributed by atoms with Crippen molar-refractivity contribution < 1.29 is 28.0 Å². The number of rotatable bonds is 5. The number of nitrogens with two attached hydrogens (primary N) is 1. The van der Waals surface area contributed by atoms with E-state index in [1.165, 1.54) is 6.33 Å². The van der Waals surface area contributed by atoms with Crippen molar-refractivity contribution in [3.63, 3.8) is 0 Å². The summed E-state index contributed by atoms with van der Waals surface area (Å²) in [5.74, 6) is -1.58. The summed E-state index contributed by atoms with van der Waals surface area (Å²) in [6.45, 7) is -0.529. The fourth-order valence-electron chi connectivity index (χ4n) is 0.831. The number of aliphatic hydroxyl groups excluding tert-OH is 1. The number of hydrogen-bond donors (Lipinski definition) is 5. The minimum atomic E-state index is -3.92. The molecule has 0 fully saturated rings. The van der Waals surface area contributed by atoms with Gasteiger partial charge >= 0.3 is 5.97 Å². The summed E-state index contributed by atoms with van der Waals surface area (Å²) in [6, 6.07) is -0.863. The molecule has 0 aliphatic heterocycles. The second kappa shape index (κ2) is 7.76. The van der Waals surface area contributed by atoms with Gasteiger partial charge in [0.25, 0.3) is 10.1 Å². The molecule has 6 N–H and O–H groups in total. The van der Waals surface area contributed by atoms with Crippen LogP contribution in [0.3, 0.4) is 0 Å². The summed E-state index contributed by atoms with van der Waals surface area (Å²) in [4.78, 5) is 16.8. The number of nitrogens with one attached hydrogen (secondary N) is 1. The Kier molecular flexibility index (Phi) is 7.12. The quantitative estimate of drug-likeness (QED) is 0.395. The van der Waals surface area contributed by atoms with Crippen molar-refractivity contribution in [3.8, 4) is 0 Å². The van der Waals surface area contributed by atoms with E-state index >= 15 is 0 Å². The fraction of sp³-hybridized carbons (Fsp3) is 0.500. The third-order valence-electron chi connectivity index (χ3n) is 1.65. The molecule has 0 aliphatic carbocycles. The van der Waals surface area contributed by atoms with Gasteiger partial charge in [-0.05, 0) is 0 Å². The van der Waals surface area contributed by atoms with Gasteiger partial charge in [0.15, 0.2) is 0 Å². The summed E-state index contributed by atoms with van der Waals surface area (Å²) >= 11 is 0. The SMILES string of the molecule is N[C@@H](Cc1c[nH]cn1)C(=O)O.O=S(=O)(O)CCO. The van der Waals surface area contributed by atoms with Gasteiger partial charge in [0.2, 0.25) is 0 Å². The highest BCUT2D eigenvalue weighted by Crippen LogP contribution is 1.95. The van der Waals surface area contributed by atoms with Crippen LogP contribution in [-0.2, 0) is 21.3 Å². The van der Waals surface area contributed by atoms with Crippen LogP contribution in [0.25, 0.3) is 0 Å². The van der Waals surface area contributed by atoms with Crippen LogP contribution in [0.1, 0.15) is 5.69 Å². The van der Waals surface area contributed by atoms with Crippen molar-refractivity contribution in [2.24, 2.45) is 5.73 Å². The molecule has 10 heteroatoms. The van der Waals surface area contributed by atoms with Gasteiger partial charge in [-0.1, -0.05) is 0 Å². The fourth-order valence-corrected chi connectivity index (χ4v) is 1.06. The molecule has 1 aromatic heterocycles. The van der Waals surface area contributed by atoms with E-state index in [0.29, 0.717) is 5.69 Å². The van der Waals surface area contributed by atoms with Crippen molar-refractivity contribution in [1.82, 2.24) is 9.97 Å². The lowest BCUT2D eigenvalue weighted by Gasteiger charge is -2.01. The number of carboxylic acid groups (broad SMARTS) is 1. The number of H-pyrrole nitrogens is 1. The maximum Gasteiger partial charge on any atom is 0.320 e. The zero-order valence-corrected chi connectivity index (χ0v) is 10.2. The van der Waals surface area contributed by atoms with Crippen LogP contribution in [0.4, 0.5) is 0 Å². The van der Waals surface area contributed by atoms with Crippen LogP contribution < -0.4 is 5.73 Å². The molecule has 1 rings (SSSR count). The Balaban J connectivity index is 0.000000360. The summed E-state index contributed by atoms with van der Waals surface area (Å²) in [6.07, 6.45) is 3.38. The standard InChI is InChI=1S/C6H9N3O2.C2H6O4S/c7-5(6(10)11)1-4-2-8-3-9-4;3-1-2-7(4,5)6/h2-3,5H,1,7H2,(H,8,9)(H,10,11);3H,1-2H2,(H,4,5,6)/t5-;/m0./s1. The van der Waals surface area contributed by atoms with Crippen LogP contribution in [0.5, 0.6) is 0 Å². The minimum Gasteiger partial charge on any atom is -0.480 e. The lowest BCUT2D eigenvalue weighted by molar-refractivity contribution is -0.138. The van der Waals surface area contributed by atoms with Crippen molar-refractivity contribution in [2.75, 3.05) is 12.4 Å². The van der Waals surface area contributed by atoms with Gasteiger partial charge in [-0.15, -0.1) is 0 Å². The van der Waals surface area contributed by atoms with Gasteiger partial charge in [0, 0.05) is 12.6 Å². The van der Waals surface area contributed by atoms with E-state index in [-0.39, 0.29) is 6.42 Å². The van der Waals surface area contributed by atoms with E-state index in [1.807, 2.05) is 0 Å². The van der Waals surface area contributed by atoms with E-state index in [4.69, 9.17) is 20.5 Å². The predicted molar refractivity (Wildman–Crippen MR) is 61.4 cm³/mol. The van der Waals surface area contributed by atoms with Gasteiger partial charge in [-0.3, -0.25) is 9.35 Å². The first kappa shape index (κ1) is 16.5. The van der Waals surface area contributed by atoms with Crippen molar-refractivity contribution in [1.29, 1.82) is 0 Å². The van der Waals surface area contributed by atoms with Gasteiger partial charge in [-0.2, -0.15) is 8.42 Å². The first-order valence-electron chi connectivity index (χ1n) is 4.78. The molecule has 104 valence electrons. The average Bonchev–Trinajstić information content (AvgIpc) is 2.69. The molecule has 1 heterocycles. The molecule has 0 saturated carbocycles. The van der Waals surface area contributed by atoms with E-state index in [9.17, 15) is 13.2 Å². The highest BCUT2D eigenvalue weighted by molar-refractivity contribution is 7.85. The number of nitrogens with zero attached hydrogens (tertiary/aromatic N) is 1. The van der Waals surface area contributed by atoms with Gasteiger partial charge in [0.1, 0.15) is 6.04 Å². The molecular formula is C8H15N3O6S. The molecule has 1 atom stereocenters. The maximum absolute atomic E-state index is 10.3. The third-order valence-corrected chi connectivity index (χ3v) is 2.35. The van der Waals surface area contributed by atoms with Crippen LogP contribution in [0.15, 0.2) is 12.5 Å². The lowest BCUT2D eigenvalue weighted by atomic mass is 10.2. The van der Waals surface area contributed by atoms with Crippen LogP contribution in [0.2, 0.25) is 0 Å². The highest BCUT2D eigenvalue weighted by atomic mass is 32.2. The molecule has 0 bridgehead atoms. The Hall–Kier alpha value is -1.49. The predicted octanol–water partition coefficient (Wildman–Crippen LogP) is -1.77. The summed E-state index contributed by atoms with van der Waals surface area (Å²) in [5, 5.41) is 16.3. The third kappa shape index (κ3) is 8.64. The Morgan fingerprint density at radius 3 is 2.44 bits per heavy atom.